The zero-order valence-electron chi connectivity index (χ0n) is 12.7. The standard InChI is InChI=1S/C20H22S/c1-13-7-9-16(21-13)11-15-8-10-19-18-6-4-3-5-17(18)14(2)20(19)12-15/h3-10,12,14,17-20H,11H2,1-2H3. The van der Waals surface area contributed by atoms with Gasteiger partial charge < -0.3 is 0 Å². The van der Waals surface area contributed by atoms with Crippen LogP contribution < -0.4 is 0 Å². The van der Waals surface area contributed by atoms with E-state index >= 15 is 0 Å². The van der Waals surface area contributed by atoms with Crippen molar-refractivity contribution in [3.8, 4) is 0 Å². The van der Waals surface area contributed by atoms with E-state index in [-0.39, 0.29) is 0 Å². The smallest absolute Gasteiger partial charge is 0.00917 e. The monoisotopic (exact) mass is 294 g/mol. The molecule has 0 spiro atoms. The summed E-state index contributed by atoms with van der Waals surface area (Å²) in [6.07, 6.45) is 17.9. The lowest BCUT2D eigenvalue weighted by Crippen LogP contribution is -2.16. The van der Waals surface area contributed by atoms with Gasteiger partial charge >= 0.3 is 0 Å². The fourth-order valence-corrected chi connectivity index (χ4v) is 5.30. The molecule has 3 aliphatic carbocycles. The van der Waals surface area contributed by atoms with E-state index in [1.807, 2.05) is 11.3 Å². The molecule has 0 bridgehead atoms. The summed E-state index contributed by atoms with van der Waals surface area (Å²) in [6, 6.07) is 4.52. The van der Waals surface area contributed by atoms with Crippen LogP contribution in [-0.4, -0.2) is 0 Å². The Balaban J connectivity index is 1.58. The number of thiophene rings is 1. The van der Waals surface area contributed by atoms with Gasteiger partial charge in [-0.3, -0.25) is 0 Å². The predicted molar refractivity (Wildman–Crippen MR) is 91.4 cm³/mol. The van der Waals surface area contributed by atoms with Gasteiger partial charge in [-0.15, -0.1) is 11.3 Å². The van der Waals surface area contributed by atoms with Crippen LogP contribution in [0.4, 0.5) is 0 Å². The van der Waals surface area contributed by atoms with Crippen molar-refractivity contribution in [3.05, 3.63) is 70.0 Å². The van der Waals surface area contributed by atoms with E-state index in [1.165, 1.54) is 15.3 Å². The van der Waals surface area contributed by atoms with Crippen LogP contribution in [0.1, 0.15) is 16.7 Å². The van der Waals surface area contributed by atoms with Gasteiger partial charge in [0.15, 0.2) is 0 Å². The molecule has 0 radical (unpaired) electrons. The summed E-state index contributed by atoms with van der Waals surface area (Å²) in [5.74, 6) is 3.63. The first kappa shape index (κ1) is 13.3. The molecule has 4 rings (SSSR count). The molecule has 5 unspecified atom stereocenters. The van der Waals surface area contributed by atoms with Gasteiger partial charge in [-0.25, -0.2) is 0 Å². The highest BCUT2D eigenvalue weighted by atomic mass is 32.1. The average Bonchev–Trinajstić information content (AvgIpc) is 3.03. The molecule has 1 aromatic rings. The van der Waals surface area contributed by atoms with Crippen molar-refractivity contribution in [2.24, 2.45) is 29.6 Å². The second kappa shape index (κ2) is 5.14. The molecule has 0 aromatic carbocycles. The number of rotatable bonds is 2. The highest BCUT2D eigenvalue weighted by molar-refractivity contribution is 7.11. The third-order valence-corrected chi connectivity index (χ3v) is 6.44. The molecular formula is C20H22S. The van der Waals surface area contributed by atoms with Gasteiger partial charge in [0.05, 0.1) is 0 Å². The number of fused-ring (bicyclic) bond motifs is 3. The average molecular weight is 294 g/mol. The number of hydrogen-bond acceptors (Lipinski definition) is 1. The van der Waals surface area contributed by atoms with Crippen molar-refractivity contribution in [1.29, 1.82) is 0 Å². The van der Waals surface area contributed by atoms with Crippen LogP contribution in [0.5, 0.6) is 0 Å². The first-order valence-electron chi connectivity index (χ1n) is 8.01. The fourth-order valence-electron chi connectivity index (χ4n) is 4.37. The normalized spacial score (nSPS) is 36.5. The van der Waals surface area contributed by atoms with Crippen molar-refractivity contribution in [1.82, 2.24) is 0 Å². The van der Waals surface area contributed by atoms with Gasteiger partial charge in [0.25, 0.3) is 0 Å². The molecule has 0 nitrogen and oxygen atoms in total. The first-order valence-corrected chi connectivity index (χ1v) is 8.83. The zero-order chi connectivity index (χ0) is 14.4. The second-order valence-electron chi connectivity index (χ2n) is 6.73. The third kappa shape index (κ3) is 2.28. The van der Waals surface area contributed by atoms with Gasteiger partial charge in [0.1, 0.15) is 0 Å². The summed E-state index contributed by atoms with van der Waals surface area (Å²) < 4.78 is 0. The van der Waals surface area contributed by atoms with Crippen LogP contribution in [0.3, 0.4) is 0 Å². The maximum atomic E-state index is 2.57. The second-order valence-corrected chi connectivity index (χ2v) is 8.10. The topological polar surface area (TPSA) is 0 Å². The maximum Gasteiger partial charge on any atom is 0.00917 e. The van der Waals surface area contributed by atoms with Gasteiger partial charge in [-0.2, -0.15) is 0 Å². The molecule has 3 aliphatic rings. The van der Waals surface area contributed by atoms with Gasteiger partial charge in [0.2, 0.25) is 0 Å². The highest BCUT2D eigenvalue weighted by Gasteiger charge is 2.45. The lowest BCUT2D eigenvalue weighted by molar-refractivity contribution is 0.413. The molecule has 0 aliphatic heterocycles. The van der Waals surface area contributed by atoms with Crippen LogP contribution in [0.2, 0.25) is 0 Å². The molecule has 1 saturated carbocycles. The molecule has 0 saturated heterocycles. The third-order valence-electron chi connectivity index (χ3n) is 5.44. The van der Waals surface area contributed by atoms with E-state index in [1.54, 1.807) is 0 Å². The Hall–Kier alpha value is -1.34. The molecule has 0 N–H and O–H groups in total. The lowest BCUT2D eigenvalue weighted by atomic mass is 9.81. The quantitative estimate of drug-likeness (QED) is 0.691. The number of allylic oxidation sites excluding steroid dienone is 8. The Morgan fingerprint density at radius 3 is 2.48 bits per heavy atom. The van der Waals surface area contributed by atoms with Crippen molar-refractivity contribution < 1.29 is 0 Å². The number of aryl methyl sites for hydroxylation is 1. The molecule has 1 aromatic heterocycles. The molecule has 108 valence electrons. The Labute approximate surface area is 131 Å². The molecule has 21 heavy (non-hydrogen) atoms. The zero-order valence-corrected chi connectivity index (χ0v) is 13.5. The fraction of sp³-hybridized carbons (Fsp3) is 0.400. The van der Waals surface area contributed by atoms with E-state index < -0.39 is 0 Å². The summed E-state index contributed by atoms with van der Waals surface area (Å²) >= 11 is 1.93. The number of hydrogen-bond donors (Lipinski definition) is 0. The lowest BCUT2D eigenvalue weighted by Gasteiger charge is -2.24. The van der Waals surface area contributed by atoms with E-state index in [4.69, 9.17) is 0 Å². The van der Waals surface area contributed by atoms with Gasteiger partial charge in [-0.1, -0.05) is 49.5 Å². The molecule has 5 atom stereocenters. The minimum absolute atomic E-state index is 0.708. The van der Waals surface area contributed by atoms with E-state index in [0.29, 0.717) is 17.8 Å². The molecule has 1 fully saturated rings. The van der Waals surface area contributed by atoms with Crippen LogP contribution in [0, 0.1) is 36.5 Å². The van der Waals surface area contributed by atoms with Gasteiger partial charge in [0, 0.05) is 16.2 Å². The van der Waals surface area contributed by atoms with E-state index in [2.05, 4.69) is 68.5 Å². The largest absolute Gasteiger partial charge is 0.145 e. The Morgan fingerprint density at radius 1 is 0.952 bits per heavy atom. The van der Waals surface area contributed by atoms with Crippen molar-refractivity contribution in [2.45, 2.75) is 20.3 Å². The van der Waals surface area contributed by atoms with Crippen LogP contribution in [0.25, 0.3) is 0 Å². The van der Waals surface area contributed by atoms with Crippen molar-refractivity contribution >= 4 is 11.3 Å². The summed E-state index contributed by atoms with van der Waals surface area (Å²) in [6.45, 7) is 4.63. The molecule has 1 heterocycles. The van der Waals surface area contributed by atoms with Crippen LogP contribution >= 0.6 is 11.3 Å². The van der Waals surface area contributed by atoms with Crippen LogP contribution in [0.15, 0.2) is 60.2 Å². The van der Waals surface area contributed by atoms with Gasteiger partial charge in [-0.05, 0) is 54.2 Å². The predicted octanol–water partition coefficient (Wildman–Crippen LogP) is 5.34. The SMILES string of the molecule is Cc1ccc(CC2=CC3C(C)C4C=CC=CC4C3C=C2)s1. The summed E-state index contributed by atoms with van der Waals surface area (Å²) in [5, 5.41) is 0. The van der Waals surface area contributed by atoms with Crippen molar-refractivity contribution in [3.63, 3.8) is 0 Å². The minimum atomic E-state index is 0.708. The van der Waals surface area contributed by atoms with Crippen LogP contribution in [-0.2, 0) is 6.42 Å². The van der Waals surface area contributed by atoms with Crippen molar-refractivity contribution in [2.75, 3.05) is 0 Å². The minimum Gasteiger partial charge on any atom is -0.145 e. The molecule has 0 amide bonds. The highest BCUT2D eigenvalue weighted by Crippen LogP contribution is 2.51. The summed E-state index contributed by atoms with van der Waals surface area (Å²) in [4.78, 5) is 2.91. The van der Waals surface area contributed by atoms with E-state index in [0.717, 1.165) is 18.3 Å². The molecule has 1 heteroatoms. The first-order chi connectivity index (χ1) is 10.2. The molecular weight excluding hydrogens is 272 g/mol. The summed E-state index contributed by atoms with van der Waals surface area (Å²) in [5.41, 5.74) is 1.51. The van der Waals surface area contributed by atoms with E-state index in [9.17, 15) is 0 Å². The summed E-state index contributed by atoms with van der Waals surface area (Å²) in [7, 11) is 0. The Kier molecular flexibility index (Phi) is 3.26. The maximum absolute atomic E-state index is 2.57. The Morgan fingerprint density at radius 2 is 1.71 bits per heavy atom. The Bertz CT molecular complexity index is 655.